The third kappa shape index (κ3) is 3.02. The molecule has 1 aromatic carbocycles. The van der Waals surface area contributed by atoms with Crippen molar-refractivity contribution in [1.29, 1.82) is 0 Å². The number of benzene rings is 1. The van der Waals surface area contributed by atoms with Crippen molar-refractivity contribution in [2.45, 2.75) is 19.8 Å². The number of nitrogens with zero attached hydrogens (tertiary/aromatic N) is 3. The van der Waals surface area contributed by atoms with Gasteiger partial charge in [-0.05, 0) is 31.4 Å². The largest absolute Gasteiger partial charge is 0.341 e. The summed E-state index contributed by atoms with van der Waals surface area (Å²) in [5.74, 6) is 0.604. The van der Waals surface area contributed by atoms with Gasteiger partial charge in [0.25, 0.3) is 5.91 Å². The Morgan fingerprint density at radius 2 is 1.81 bits per heavy atom. The van der Waals surface area contributed by atoms with Gasteiger partial charge in [-0.25, -0.2) is 9.97 Å². The summed E-state index contributed by atoms with van der Waals surface area (Å²) in [5.41, 5.74) is 2.23. The Morgan fingerprint density at radius 1 is 1.14 bits per heavy atom. The van der Waals surface area contributed by atoms with Crippen LogP contribution in [0.25, 0.3) is 0 Å². The molecule has 0 radical (unpaired) electrons. The van der Waals surface area contributed by atoms with Gasteiger partial charge in [0.15, 0.2) is 0 Å². The molecule has 1 amide bonds. The maximum Gasteiger partial charge on any atom is 0.256 e. The number of aryl methyl sites for hydroxylation is 1. The number of aromatic nitrogens is 2. The van der Waals surface area contributed by atoms with Crippen molar-refractivity contribution in [3.8, 4) is 0 Å². The Hall–Kier alpha value is -2.43. The van der Waals surface area contributed by atoms with Crippen LogP contribution in [-0.2, 0) is 0 Å². The quantitative estimate of drug-likeness (QED) is 0.940. The highest BCUT2D eigenvalue weighted by atomic mass is 16.1. The number of carbonyl (C=O) groups excluding carboxylic acids is 1. The first-order valence-corrected chi connectivity index (χ1v) is 7.18. The molecule has 1 aliphatic heterocycles. The van der Waals surface area contributed by atoms with Crippen LogP contribution in [0.1, 0.15) is 28.8 Å². The molecule has 0 saturated carbocycles. The zero-order valence-corrected chi connectivity index (χ0v) is 12.0. The van der Waals surface area contributed by atoms with Crippen LogP contribution in [0.2, 0.25) is 0 Å². The van der Waals surface area contributed by atoms with E-state index in [-0.39, 0.29) is 5.91 Å². The van der Waals surface area contributed by atoms with E-state index in [4.69, 9.17) is 0 Å². The second kappa shape index (κ2) is 5.91. The van der Waals surface area contributed by atoms with Crippen LogP contribution in [0.3, 0.4) is 0 Å². The lowest BCUT2D eigenvalue weighted by Crippen LogP contribution is -2.20. The average molecular weight is 282 g/mol. The number of carbonyl (C=O) groups is 1. The summed E-state index contributed by atoms with van der Waals surface area (Å²) in [6.07, 6.45) is 5.71. The molecule has 2 aromatic rings. The zero-order chi connectivity index (χ0) is 14.7. The van der Waals surface area contributed by atoms with Gasteiger partial charge in [-0.1, -0.05) is 18.2 Å². The normalized spacial score (nSPS) is 14.2. The Morgan fingerprint density at radius 3 is 2.48 bits per heavy atom. The maximum atomic E-state index is 12.2. The molecule has 5 nitrogen and oxygen atoms in total. The van der Waals surface area contributed by atoms with E-state index in [2.05, 4.69) is 20.2 Å². The summed E-state index contributed by atoms with van der Waals surface area (Å²) in [4.78, 5) is 23.0. The molecular weight excluding hydrogens is 264 g/mol. The molecule has 108 valence electrons. The number of nitrogens with one attached hydrogen (secondary N) is 1. The first kappa shape index (κ1) is 13.5. The van der Waals surface area contributed by atoms with Crippen molar-refractivity contribution in [3.63, 3.8) is 0 Å². The van der Waals surface area contributed by atoms with Crippen molar-refractivity contribution in [2.75, 3.05) is 23.3 Å². The van der Waals surface area contributed by atoms with Crippen LogP contribution < -0.4 is 10.2 Å². The van der Waals surface area contributed by atoms with Gasteiger partial charge in [-0.3, -0.25) is 4.79 Å². The maximum absolute atomic E-state index is 12.2. The van der Waals surface area contributed by atoms with Gasteiger partial charge in [0.2, 0.25) is 5.95 Å². The molecule has 1 aromatic heterocycles. The van der Waals surface area contributed by atoms with Crippen LogP contribution >= 0.6 is 0 Å². The smallest absolute Gasteiger partial charge is 0.256 e. The lowest BCUT2D eigenvalue weighted by atomic mass is 10.1. The van der Waals surface area contributed by atoms with Gasteiger partial charge < -0.3 is 10.2 Å². The van der Waals surface area contributed by atoms with E-state index >= 15 is 0 Å². The SMILES string of the molecule is Cc1ccccc1C(=O)Nc1cnc(N2CCCC2)nc1. The summed E-state index contributed by atoms with van der Waals surface area (Å²) in [7, 11) is 0. The van der Waals surface area contributed by atoms with E-state index in [1.54, 1.807) is 12.4 Å². The highest BCUT2D eigenvalue weighted by Crippen LogP contribution is 2.17. The molecule has 1 saturated heterocycles. The fourth-order valence-corrected chi connectivity index (χ4v) is 2.49. The molecule has 0 spiro atoms. The summed E-state index contributed by atoms with van der Waals surface area (Å²) in [5, 5.41) is 2.83. The highest BCUT2D eigenvalue weighted by molar-refractivity contribution is 6.05. The molecule has 0 atom stereocenters. The zero-order valence-electron chi connectivity index (χ0n) is 12.0. The van der Waals surface area contributed by atoms with Crippen LogP contribution in [0.5, 0.6) is 0 Å². The molecule has 1 fully saturated rings. The average Bonchev–Trinajstić information content (AvgIpc) is 3.02. The van der Waals surface area contributed by atoms with Gasteiger partial charge in [-0.15, -0.1) is 0 Å². The molecule has 0 aliphatic carbocycles. The van der Waals surface area contributed by atoms with E-state index in [1.165, 1.54) is 12.8 Å². The van der Waals surface area contributed by atoms with Crippen molar-refractivity contribution >= 4 is 17.5 Å². The Balaban J connectivity index is 1.70. The number of hydrogen-bond donors (Lipinski definition) is 1. The van der Waals surface area contributed by atoms with E-state index < -0.39 is 0 Å². The Labute approximate surface area is 124 Å². The summed E-state index contributed by atoms with van der Waals surface area (Å²) in [6.45, 7) is 3.94. The first-order valence-electron chi connectivity index (χ1n) is 7.18. The van der Waals surface area contributed by atoms with Gasteiger partial charge in [0.1, 0.15) is 0 Å². The van der Waals surface area contributed by atoms with Crippen LogP contribution in [0.4, 0.5) is 11.6 Å². The predicted molar refractivity (Wildman–Crippen MR) is 82.6 cm³/mol. The molecule has 3 rings (SSSR count). The standard InChI is InChI=1S/C16H18N4O/c1-12-6-2-3-7-14(12)15(21)19-13-10-17-16(18-11-13)20-8-4-5-9-20/h2-3,6-7,10-11H,4-5,8-9H2,1H3,(H,19,21). The lowest BCUT2D eigenvalue weighted by molar-refractivity contribution is 0.102. The van der Waals surface area contributed by atoms with Crippen molar-refractivity contribution in [2.24, 2.45) is 0 Å². The van der Waals surface area contributed by atoms with E-state index in [1.807, 2.05) is 31.2 Å². The van der Waals surface area contributed by atoms with Crippen LogP contribution in [0, 0.1) is 6.92 Å². The monoisotopic (exact) mass is 282 g/mol. The van der Waals surface area contributed by atoms with Crippen molar-refractivity contribution in [1.82, 2.24) is 9.97 Å². The Kier molecular flexibility index (Phi) is 3.81. The first-order chi connectivity index (χ1) is 10.2. The molecule has 2 heterocycles. The lowest BCUT2D eigenvalue weighted by Gasteiger charge is -2.14. The molecule has 1 aliphatic rings. The minimum Gasteiger partial charge on any atom is -0.341 e. The second-order valence-electron chi connectivity index (χ2n) is 5.23. The van der Waals surface area contributed by atoms with Crippen molar-refractivity contribution < 1.29 is 4.79 Å². The van der Waals surface area contributed by atoms with Crippen molar-refractivity contribution in [3.05, 3.63) is 47.8 Å². The third-order valence-corrected chi connectivity index (χ3v) is 3.67. The number of amides is 1. The number of anilines is 2. The predicted octanol–water partition coefficient (Wildman–Crippen LogP) is 2.64. The molecule has 1 N–H and O–H groups in total. The second-order valence-corrected chi connectivity index (χ2v) is 5.23. The molecule has 0 bridgehead atoms. The topological polar surface area (TPSA) is 58.1 Å². The molecular formula is C16H18N4O. The van der Waals surface area contributed by atoms with Gasteiger partial charge in [-0.2, -0.15) is 0 Å². The van der Waals surface area contributed by atoms with Crippen LogP contribution in [0.15, 0.2) is 36.7 Å². The van der Waals surface area contributed by atoms with Gasteiger partial charge in [0.05, 0.1) is 18.1 Å². The van der Waals surface area contributed by atoms with E-state index in [0.29, 0.717) is 11.3 Å². The third-order valence-electron chi connectivity index (χ3n) is 3.67. The van der Waals surface area contributed by atoms with E-state index in [9.17, 15) is 4.79 Å². The molecule has 21 heavy (non-hydrogen) atoms. The molecule has 0 unspecified atom stereocenters. The highest BCUT2D eigenvalue weighted by Gasteiger charge is 2.15. The van der Waals surface area contributed by atoms with E-state index in [0.717, 1.165) is 24.6 Å². The minimum atomic E-state index is -0.134. The minimum absolute atomic E-state index is 0.134. The number of hydrogen-bond acceptors (Lipinski definition) is 4. The number of rotatable bonds is 3. The summed E-state index contributed by atoms with van der Waals surface area (Å²) >= 11 is 0. The van der Waals surface area contributed by atoms with Crippen LogP contribution in [-0.4, -0.2) is 29.0 Å². The fraction of sp³-hybridized carbons (Fsp3) is 0.312. The summed E-state index contributed by atoms with van der Waals surface area (Å²) in [6, 6.07) is 7.50. The van der Waals surface area contributed by atoms with Gasteiger partial charge in [0, 0.05) is 18.7 Å². The summed E-state index contributed by atoms with van der Waals surface area (Å²) < 4.78 is 0. The fourth-order valence-electron chi connectivity index (χ4n) is 2.49. The Bertz CT molecular complexity index is 633. The van der Waals surface area contributed by atoms with Gasteiger partial charge >= 0.3 is 0 Å². The molecule has 5 heteroatoms.